The fourth-order valence-electron chi connectivity index (χ4n) is 2.77. The van der Waals surface area contributed by atoms with Crippen LogP contribution in [0.1, 0.15) is 15.9 Å². The molecule has 1 amide bonds. The fraction of sp³-hybridized carbons (Fsp3) is 0.0455. The van der Waals surface area contributed by atoms with Gasteiger partial charge in [-0.25, -0.2) is 19.3 Å². The van der Waals surface area contributed by atoms with E-state index in [9.17, 15) is 9.18 Å². The molecule has 3 N–H and O–H groups in total. The molecule has 0 aliphatic carbocycles. The van der Waals surface area contributed by atoms with E-state index in [1.807, 2.05) is 19.1 Å². The Kier molecular flexibility index (Phi) is 5.75. The van der Waals surface area contributed by atoms with Crippen molar-refractivity contribution in [3.8, 4) is 0 Å². The molecule has 8 nitrogen and oxygen atoms in total. The Morgan fingerprint density at radius 3 is 2.29 bits per heavy atom. The third-order valence-electron chi connectivity index (χ3n) is 4.27. The number of rotatable bonds is 6. The van der Waals surface area contributed by atoms with Gasteiger partial charge in [-0.3, -0.25) is 9.78 Å². The first kappa shape index (κ1) is 19.9. The van der Waals surface area contributed by atoms with Crippen molar-refractivity contribution < 1.29 is 9.18 Å². The highest BCUT2D eigenvalue weighted by Gasteiger charge is 2.11. The number of pyridine rings is 2. The molecular weight excluding hydrogens is 397 g/mol. The zero-order valence-corrected chi connectivity index (χ0v) is 16.5. The number of aryl methyl sites for hydroxylation is 1. The Labute approximate surface area is 177 Å². The SMILES string of the molecule is Cc1ccnc(Nc2cc(Nc3ccc(NC(=O)c4ccncc4F)cc3)ncn2)c1. The molecule has 4 aromatic rings. The minimum atomic E-state index is -0.674. The zero-order valence-electron chi connectivity index (χ0n) is 16.5. The van der Waals surface area contributed by atoms with Crippen molar-refractivity contribution in [3.63, 3.8) is 0 Å². The van der Waals surface area contributed by atoms with Gasteiger partial charge in [-0.2, -0.15) is 0 Å². The molecule has 0 unspecified atom stereocenters. The summed E-state index contributed by atoms with van der Waals surface area (Å²) in [6.07, 6.45) is 5.53. The van der Waals surface area contributed by atoms with Gasteiger partial charge in [0.05, 0.1) is 11.8 Å². The van der Waals surface area contributed by atoms with Gasteiger partial charge in [0.2, 0.25) is 0 Å². The number of nitrogens with zero attached hydrogens (tertiary/aromatic N) is 4. The molecule has 0 fully saturated rings. The van der Waals surface area contributed by atoms with Crippen LogP contribution in [0.25, 0.3) is 0 Å². The molecule has 0 spiro atoms. The van der Waals surface area contributed by atoms with E-state index < -0.39 is 11.7 Å². The van der Waals surface area contributed by atoms with E-state index in [0.717, 1.165) is 17.4 Å². The van der Waals surface area contributed by atoms with E-state index in [1.165, 1.54) is 18.6 Å². The minimum absolute atomic E-state index is 0.0682. The van der Waals surface area contributed by atoms with Crippen LogP contribution in [-0.2, 0) is 0 Å². The first-order valence-electron chi connectivity index (χ1n) is 9.36. The number of halogens is 1. The highest BCUT2D eigenvalue weighted by molar-refractivity contribution is 6.04. The normalized spacial score (nSPS) is 10.4. The molecule has 0 bridgehead atoms. The van der Waals surface area contributed by atoms with Crippen molar-refractivity contribution >= 4 is 34.7 Å². The Balaban J connectivity index is 1.41. The second-order valence-electron chi connectivity index (χ2n) is 6.64. The molecule has 0 aliphatic heterocycles. The number of anilines is 5. The van der Waals surface area contributed by atoms with Crippen molar-refractivity contribution in [2.75, 3.05) is 16.0 Å². The first-order chi connectivity index (χ1) is 15.1. The number of nitrogens with one attached hydrogen (secondary N) is 3. The molecule has 4 rings (SSSR count). The molecule has 154 valence electrons. The van der Waals surface area contributed by atoms with Crippen molar-refractivity contribution in [1.82, 2.24) is 19.9 Å². The van der Waals surface area contributed by atoms with Gasteiger partial charge in [0.25, 0.3) is 5.91 Å². The van der Waals surface area contributed by atoms with Crippen LogP contribution in [0.4, 0.5) is 33.2 Å². The van der Waals surface area contributed by atoms with E-state index in [0.29, 0.717) is 23.1 Å². The van der Waals surface area contributed by atoms with E-state index >= 15 is 0 Å². The maximum atomic E-state index is 13.7. The first-order valence-corrected chi connectivity index (χ1v) is 9.36. The van der Waals surface area contributed by atoms with Crippen molar-refractivity contribution in [1.29, 1.82) is 0 Å². The van der Waals surface area contributed by atoms with Crippen molar-refractivity contribution in [3.05, 3.63) is 90.4 Å². The van der Waals surface area contributed by atoms with Crippen LogP contribution in [-0.4, -0.2) is 25.8 Å². The minimum Gasteiger partial charge on any atom is -0.340 e. The summed E-state index contributed by atoms with van der Waals surface area (Å²) in [5.74, 6) is 0.652. The molecule has 0 saturated carbocycles. The average molecular weight is 415 g/mol. The molecule has 0 saturated heterocycles. The topological polar surface area (TPSA) is 105 Å². The maximum absolute atomic E-state index is 13.7. The van der Waals surface area contributed by atoms with Crippen LogP contribution in [0.2, 0.25) is 0 Å². The van der Waals surface area contributed by atoms with Crippen LogP contribution in [0.3, 0.4) is 0 Å². The molecule has 0 aliphatic rings. The van der Waals surface area contributed by atoms with Gasteiger partial charge in [-0.05, 0) is 55.0 Å². The average Bonchev–Trinajstić information content (AvgIpc) is 2.76. The van der Waals surface area contributed by atoms with Crippen LogP contribution in [0, 0.1) is 12.7 Å². The fourth-order valence-corrected chi connectivity index (χ4v) is 2.77. The highest BCUT2D eigenvalue weighted by atomic mass is 19.1. The van der Waals surface area contributed by atoms with Gasteiger partial charge >= 0.3 is 0 Å². The number of hydrogen-bond acceptors (Lipinski definition) is 7. The van der Waals surface area contributed by atoms with E-state index in [1.54, 1.807) is 36.5 Å². The second kappa shape index (κ2) is 8.95. The summed E-state index contributed by atoms with van der Waals surface area (Å²) >= 11 is 0. The lowest BCUT2D eigenvalue weighted by atomic mass is 10.2. The standard InChI is InChI=1S/C22H18FN7O/c1-14-6-9-25-19(10-14)30-21-11-20(26-13-27-21)28-15-2-4-16(5-3-15)29-22(31)17-7-8-24-12-18(17)23/h2-13H,1H3,(H,29,31)(H2,25,26,27,28,30). The molecule has 3 heterocycles. The molecule has 3 aromatic heterocycles. The summed E-state index contributed by atoms with van der Waals surface area (Å²) in [6, 6.07) is 13.9. The smallest absolute Gasteiger partial charge is 0.258 e. The number of carbonyl (C=O) groups excluding carboxylic acids is 1. The Morgan fingerprint density at radius 2 is 1.55 bits per heavy atom. The van der Waals surface area contributed by atoms with E-state index in [-0.39, 0.29) is 5.56 Å². The molecule has 31 heavy (non-hydrogen) atoms. The van der Waals surface area contributed by atoms with Gasteiger partial charge in [-0.1, -0.05) is 0 Å². The number of hydrogen-bond donors (Lipinski definition) is 3. The quantitative estimate of drug-likeness (QED) is 0.427. The van der Waals surface area contributed by atoms with E-state index in [4.69, 9.17) is 0 Å². The van der Waals surface area contributed by atoms with Crippen LogP contribution >= 0.6 is 0 Å². The Hall–Kier alpha value is -4.40. The zero-order chi connectivity index (χ0) is 21.6. The number of benzene rings is 1. The van der Waals surface area contributed by atoms with Gasteiger partial charge < -0.3 is 16.0 Å². The number of carbonyl (C=O) groups is 1. The predicted molar refractivity (Wildman–Crippen MR) is 116 cm³/mol. The number of aromatic nitrogens is 4. The summed E-state index contributed by atoms with van der Waals surface area (Å²) in [6.45, 7) is 1.99. The third-order valence-corrected chi connectivity index (χ3v) is 4.27. The van der Waals surface area contributed by atoms with E-state index in [2.05, 4.69) is 35.9 Å². The third kappa shape index (κ3) is 5.15. The Morgan fingerprint density at radius 1 is 0.839 bits per heavy atom. The van der Waals surface area contributed by atoms with Crippen molar-refractivity contribution in [2.24, 2.45) is 0 Å². The molecule has 0 radical (unpaired) electrons. The van der Waals surface area contributed by atoms with Crippen LogP contribution in [0.5, 0.6) is 0 Å². The summed E-state index contributed by atoms with van der Waals surface area (Å²) < 4.78 is 13.7. The van der Waals surface area contributed by atoms with Crippen LogP contribution < -0.4 is 16.0 Å². The molecular formula is C22H18FN7O. The van der Waals surface area contributed by atoms with Crippen LogP contribution in [0.15, 0.2) is 73.4 Å². The lowest BCUT2D eigenvalue weighted by Crippen LogP contribution is -2.13. The van der Waals surface area contributed by atoms with Gasteiger partial charge in [0, 0.05) is 29.8 Å². The molecule has 9 heteroatoms. The largest absolute Gasteiger partial charge is 0.340 e. The van der Waals surface area contributed by atoms with Gasteiger partial charge in [-0.15, -0.1) is 0 Å². The molecule has 1 aromatic carbocycles. The Bertz CT molecular complexity index is 1210. The summed E-state index contributed by atoms with van der Waals surface area (Å²) in [5, 5.41) is 8.96. The molecule has 0 atom stereocenters. The monoisotopic (exact) mass is 415 g/mol. The van der Waals surface area contributed by atoms with Gasteiger partial charge in [0.15, 0.2) is 5.82 Å². The summed E-state index contributed by atoms with van der Waals surface area (Å²) in [4.78, 5) is 28.5. The summed E-state index contributed by atoms with van der Waals surface area (Å²) in [5.41, 5.74) is 2.30. The lowest BCUT2D eigenvalue weighted by molar-refractivity contribution is 0.102. The second-order valence-corrected chi connectivity index (χ2v) is 6.64. The van der Waals surface area contributed by atoms with Crippen molar-refractivity contribution in [2.45, 2.75) is 6.92 Å². The van der Waals surface area contributed by atoms with Gasteiger partial charge in [0.1, 0.15) is 23.8 Å². The number of amides is 1. The highest BCUT2D eigenvalue weighted by Crippen LogP contribution is 2.21. The predicted octanol–water partition coefficient (Wildman–Crippen LogP) is 4.45. The summed E-state index contributed by atoms with van der Waals surface area (Å²) in [7, 11) is 0. The lowest BCUT2D eigenvalue weighted by Gasteiger charge is -2.10. The maximum Gasteiger partial charge on any atom is 0.258 e.